The van der Waals surface area contributed by atoms with Gasteiger partial charge in [-0.1, -0.05) is 11.6 Å². The predicted octanol–water partition coefficient (Wildman–Crippen LogP) is 2.92. The summed E-state index contributed by atoms with van der Waals surface area (Å²) in [7, 11) is -0.731. The molecule has 1 N–H and O–H groups in total. The number of hydrogen-bond donors (Lipinski definition) is 1. The van der Waals surface area contributed by atoms with Gasteiger partial charge in [0, 0.05) is 36.3 Å². The summed E-state index contributed by atoms with van der Waals surface area (Å²) in [5.74, 6) is 0.288. The first-order valence-corrected chi connectivity index (χ1v) is 9.78. The highest BCUT2D eigenvalue weighted by atomic mass is 35.5. The van der Waals surface area contributed by atoms with Crippen molar-refractivity contribution in [1.82, 2.24) is 9.62 Å². The van der Waals surface area contributed by atoms with Gasteiger partial charge in [0.05, 0.1) is 12.0 Å². The van der Waals surface area contributed by atoms with E-state index in [1.54, 1.807) is 18.2 Å². The van der Waals surface area contributed by atoms with Crippen LogP contribution in [0.3, 0.4) is 0 Å². The Morgan fingerprint density at radius 1 is 1.19 bits per heavy atom. The predicted molar refractivity (Wildman–Crippen MR) is 101 cm³/mol. The van der Waals surface area contributed by atoms with Gasteiger partial charge in [0.15, 0.2) is 0 Å². The quantitative estimate of drug-likeness (QED) is 0.780. The molecule has 0 aliphatic rings. The SMILES string of the molecule is CCNC(=O)c1ccc(OC)c(CN(C)S(=O)(=O)c2ccc(Cl)cc2)c1. The number of rotatable bonds is 7. The second kappa shape index (κ2) is 8.53. The van der Waals surface area contributed by atoms with Crippen LogP contribution in [0, 0.1) is 0 Å². The summed E-state index contributed by atoms with van der Waals surface area (Å²) in [4.78, 5) is 12.2. The second-order valence-electron chi connectivity index (χ2n) is 5.60. The summed E-state index contributed by atoms with van der Waals surface area (Å²) in [6, 6.07) is 10.9. The molecule has 0 fully saturated rings. The number of sulfonamides is 1. The number of amides is 1. The molecule has 0 aliphatic carbocycles. The number of benzene rings is 2. The highest BCUT2D eigenvalue weighted by Gasteiger charge is 2.22. The Kier molecular flexibility index (Phi) is 6.63. The molecule has 2 rings (SSSR count). The van der Waals surface area contributed by atoms with Crippen LogP contribution in [0.5, 0.6) is 5.75 Å². The van der Waals surface area contributed by atoms with Crippen molar-refractivity contribution in [3.05, 3.63) is 58.6 Å². The number of ether oxygens (including phenoxy) is 1. The zero-order valence-electron chi connectivity index (χ0n) is 14.8. The molecule has 0 spiro atoms. The Balaban J connectivity index is 2.32. The third-order valence-corrected chi connectivity index (χ3v) is 5.86. The molecule has 26 heavy (non-hydrogen) atoms. The fraction of sp³-hybridized carbons (Fsp3) is 0.278. The molecule has 0 heterocycles. The van der Waals surface area contributed by atoms with Gasteiger partial charge in [-0.3, -0.25) is 4.79 Å². The van der Waals surface area contributed by atoms with E-state index in [0.717, 1.165) is 0 Å². The van der Waals surface area contributed by atoms with Crippen LogP contribution in [0.4, 0.5) is 0 Å². The van der Waals surface area contributed by atoms with Crippen molar-refractivity contribution in [2.24, 2.45) is 0 Å². The lowest BCUT2D eigenvalue weighted by atomic mass is 10.1. The first kappa shape index (κ1) is 20.2. The minimum absolute atomic E-state index is 0.0569. The molecule has 0 radical (unpaired) electrons. The average molecular weight is 397 g/mol. The Morgan fingerprint density at radius 2 is 1.85 bits per heavy atom. The molecule has 1 amide bonds. The van der Waals surface area contributed by atoms with Crippen LogP contribution in [-0.2, 0) is 16.6 Å². The number of carbonyl (C=O) groups is 1. The summed E-state index contributed by atoms with van der Waals surface area (Å²) < 4.78 is 32.0. The van der Waals surface area contributed by atoms with Crippen LogP contribution < -0.4 is 10.1 Å². The first-order valence-electron chi connectivity index (χ1n) is 7.96. The molecule has 140 valence electrons. The van der Waals surface area contributed by atoms with E-state index in [9.17, 15) is 13.2 Å². The molecular formula is C18H21ClN2O4S. The molecule has 6 nitrogen and oxygen atoms in total. The Hall–Kier alpha value is -2.09. The molecule has 0 unspecified atom stereocenters. The monoisotopic (exact) mass is 396 g/mol. The van der Waals surface area contributed by atoms with Crippen LogP contribution in [0.2, 0.25) is 5.02 Å². The van der Waals surface area contributed by atoms with Crippen LogP contribution in [0.1, 0.15) is 22.8 Å². The van der Waals surface area contributed by atoms with Crippen LogP contribution in [0.25, 0.3) is 0 Å². The van der Waals surface area contributed by atoms with E-state index in [0.29, 0.717) is 28.4 Å². The Labute approximate surface area is 158 Å². The lowest BCUT2D eigenvalue weighted by molar-refractivity contribution is 0.0955. The van der Waals surface area contributed by atoms with Gasteiger partial charge in [0.2, 0.25) is 10.0 Å². The van der Waals surface area contributed by atoms with Crippen molar-refractivity contribution in [3.63, 3.8) is 0 Å². The third kappa shape index (κ3) is 4.55. The molecule has 0 aliphatic heterocycles. The van der Waals surface area contributed by atoms with Gasteiger partial charge in [-0.2, -0.15) is 4.31 Å². The van der Waals surface area contributed by atoms with E-state index >= 15 is 0 Å². The molecule has 0 bridgehead atoms. The maximum absolute atomic E-state index is 12.7. The van der Waals surface area contributed by atoms with Crippen molar-refractivity contribution < 1.29 is 17.9 Å². The molecule has 0 atom stereocenters. The van der Waals surface area contributed by atoms with Crippen molar-refractivity contribution in [3.8, 4) is 5.75 Å². The van der Waals surface area contributed by atoms with Crippen molar-refractivity contribution in [2.75, 3.05) is 20.7 Å². The fourth-order valence-corrected chi connectivity index (χ4v) is 3.69. The first-order chi connectivity index (χ1) is 12.3. The van der Waals surface area contributed by atoms with Crippen molar-refractivity contribution in [1.29, 1.82) is 0 Å². The lowest BCUT2D eigenvalue weighted by Crippen LogP contribution is -2.27. The van der Waals surface area contributed by atoms with Gasteiger partial charge in [-0.25, -0.2) is 8.42 Å². The van der Waals surface area contributed by atoms with E-state index in [2.05, 4.69) is 5.32 Å². The van der Waals surface area contributed by atoms with Crippen LogP contribution in [0.15, 0.2) is 47.4 Å². The third-order valence-electron chi connectivity index (χ3n) is 3.79. The maximum Gasteiger partial charge on any atom is 0.251 e. The van der Waals surface area contributed by atoms with Crippen LogP contribution >= 0.6 is 11.6 Å². The van der Waals surface area contributed by atoms with Gasteiger partial charge in [-0.05, 0) is 49.4 Å². The van der Waals surface area contributed by atoms with Crippen molar-refractivity contribution in [2.45, 2.75) is 18.4 Å². The van der Waals surface area contributed by atoms with Gasteiger partial charge in [-0.15, -0.1) is 0 Å². The fourth-order valence-electron chi connectivity index (χ4n) is 2.42. The van der Waals surface area contributed by atoms with Crippen LogP contribution in [-0.4, -0.2) is 39.3 Å². The number of methoxy groups -OCH3 is 1. The number of nitrogens with zero attached hydrogens (tertiary/aromatic N) is 1. The summed E-state index contributed by atoms with van der Waals surface area (Å²) in [6.07, 6.45) is 0. The summed E-state index contributed by atoms with van der Waals surface area (Å²) >= 11 is 5.82. The number of halogens is 1. The topological polar surface area (TPSA) is 75.7 Å². The smallest absolute Gasteiger partial charge is 0.251 e. The van der Waals surface area contributed by atoms with E-state index in [1.165, 1.54) is 42.7 Å². The molecule has 0 aromatic heterocycles. The standard InChI is InChI=1S/C18H21ClN2O4S/c1-4-20-18(22)13-5-10-17(25-3)14(11-13)12-21(2)26(23,24)16-8-6-15(19)7-9-16/h5-11H,4,12H2,1-3H3,(H,20,22). The Bertz CT molecular complexity index is 883. The number of hydrogen-bond acceptors (Lipinski definition) is 4. The van der Waals surface area contributed by atoms with E-state index in [-0.39, 0.29) is 17.3 Å². The Morgan fingerprint density at radius 3 is 2.42 bits per heavy atom. The highest BCUT2D eigenvalue weighted by molar-refractivity contribution is 7.89. The summed E-state index contributed by atoms with van der Waals surface area (Å²) in [5, 5.41) is 3.18. The maximum atomic E-state index is 12.7. The second-order valence-corrected chi connectivity index (χ2v) is 8.08. The molecule has 0 saturated carbocycles. The van der Waals surface area contributed by atoms with E-state index < -0.39 is 10.0 Å². The summed E-state index contributed by atoms with van der Waals surface area (Å²) in [6.45, 7) is 2.39. The zero-order chi connectivity index (χ0) is 19.3. The largest absolute Gasteiger partial charge is 0.496 e. The minimum Gasteiger partial charge on any atom is -0.496 e. The zero-order valence-corrected chi connectivity index (χ0v) is 16.4. The van der Waals surface area contributed by atoms with Gasteiger partial charge in [0.25, 0.3) is 5.91 Å². The van der Waals surface area contributed by atoms with Gasteiger partial charge >= 0.3 is 0 Å². The van der Waals surface area contributed by atoms with E-state index in [4.69, 9.17) is 16.3 Å². The molecule has 2 aromatic rings. The average Bonchev–Trinajstić information content (AvgIpc) is 2.62. The van der Waals surface area contributed by atoms with Crippen molar-refractivity contribution >= 4 is 27.5 Å². The van der Waals surface area contributed by atoms with E-state index in [1.807, 2.05) is 6.92 Å². The number of carbonyl (C=O) groups excluding carboxylic acids is 1. The molecule has 0 saturated heterocycles. The van der Waals surface area contributed by atoms with Gasteiger partial charge < -0.3 is 10.1 Å². The van der Waals surface area contributed by atoms with Gasteiger partial charge in [0.1, 0.15) is 5.75 Å². The molecular weight excluding hydrogens is 376 g/mol. The minimum atomic E-state index is -3.70. The lowest BCUT2D eigenvalue weighted by Gasteiger charge is -2.19. The number of nitrogens with one attached hydrogen (secondary N) is 1. The molecule has 8 heteroatoms. The highest BCUT2D eigenvalue weighted by Crippen LogP contribution is 2.25. The molecule has 2 aromatic carbocycles. The normalized spacial score (nSPS) is 11.4. The summed E-state index contributed by atoms with van der Waals surface area (Å²) in [5.41, 5.74) is 1.04.